The molecule has 0 aromatic heterocycles. The number of likely N-dealkylation sites (N-methyl/N-ethyl adjacent to an activating group) is 1. The molecule has 13 heavy (non-hydrogen) atoms. The molecule has 1 saturated carbocycles. The van der Waals surface area contributed by atoms with E-state index in [1.54, 1.807) is 0 Å². The van der Waals surface area contributed by atoms with Gasteiger partial charge in [-0.3, -0.25) is 0 Å². The third-order valence-electron chi connectivity index (χ3n) is 2.80. The van der Waals surface area contributed by atoms with E-state index in [1.165, 1.54) is 12.8 Å². The van der Waals surface area contributed by atoms with Gasteiger partial charge in [0, 0.05) is 18.6 Å². The molecule has 2 heteroatoms. The smallest absolute Gasteiger partial charge is 0.0263 e. The van der Waals surface area contributed by atoms with Crippen molar-refractivity contribution in [2.75, 3.05) is 20.6 Å². The molecule has 1 rings (SSSR count). The van der Waals surface area contributed by atoms with Crippen molar-refractivity contribution in [3.8, 4) is 0 Å². The molecule has 1 aliphatic rings. The summed E-state index contributed by atoms with van der Waals surface area (Å²) >= 11 is 0. The quantitative estimate of drug-likeness (QED) is 0.715. The van der Waals surface area contributed by atoms with E-state index in [4.69, 9.17) is 0 Å². The van der Waals surface area contributed by atoms with Crippen LogP contribution in [-0.4, -0.2) is 37.6 Å². The zero-order valence-electron chi connectivity index (χ0n) is 9.72. The summed E-state index contributed by atoms with van der Waals surface area (Å²) in [6, 6.07) is 1.46. The van der Waals surface area contributed by atoms with Gasteiger partial charge >= 0.3 is 0 Å². The Morgan fingerprint density at radius 1 is 1.31 bits per heavy atom. The van der Waals surface area contributed by atoms with E-state index in [9.17, 15) is 0 Å². The normalized spacial score (nSPS) is 20.8. The first-order valence-corrected chi connectivity index (χ1v) is 5.31. The highest BCUT2D eigenvalue weighted by Crippen LogP contribution is 2.24. The van der Waals surface area contributed by atoms with Crippen LogP contribution >= 0.6 is 0 Å². The van der Waals surface area contributed by atoms with E-state index in [2.05, 4.69) is 45.1 Å². The summed E-state index contributed by atoms with van der Waals surface area (Å²) in [6.45, 7) is 8.06. The first-order valence-electron chi connectivity index (χ1n) is 5.31. The molecule has 0 aromatic rings. The Morgan fingerprint density at radius 3 is 2.15 bits per heavy atom. The van der Waals surface area contributed by atoms with Gasteiger partial charge in [-0.1, -0.05) is 20.8 Å². The van der Waals surface area contributed by atoms with Gasteiger partial charge in [-0.05, 0) is 32.4 Å². The predicted octanol–water partition coefficient (Wildman–Crippen LogP) is 1.71. The molecule has 0 bridgehead atoms. The molecular weight excluding hydrogens is 160 g/mol. The lowest BCUT2D eigenvalue weighted by molar-refractivity contribution is 0.149. The standard InChI is InChI=1S/C11H24N2/c1-11(2,3)10(13(4)5)8-12-9-6-7-9/h9-10,12H,6-8H2,1-5H3. The molecular formula is C11H24N2. The number of hydrogen-bond donors (Lipinski definition) is 1. The number of hydrogen-bond acceptors (Lipinski definition) is 2. The van der Waals surface area contributed by atoms with Crippen LogP contribution in [0.15, 0.2) is 0 Å². The van der Waals surface area contributed by atoms with Crippen LogP contribution in [0.5, 0.6) is 0 Å². The molecule has 0 aromatic carbocycles. The molecule has 1 aliphatic carbocycles. The average Bonchev–Trinajstić information content (AvgIpc) is 2.66. The SMILES string of the molecule is CN(C)C(CNC1CC1)C(C)(C)C. The van der Waals surface area contributed by atoms with Gasteiger partial charge in [-0.15, -0.1) is 0 Å². The molecule has 1 atom stereocenters. The molecule has 78 valence electrons. The third-order valence-corrected chi connectivity index (χ3v) is 2.80. The van der Waals surface area contributed by atoms with Crippen molar-refractivity contribution in [3.63, 3.8) is 0 Å². The molecule has 0 aliphatic heterocycles. The maximum atomic E-state index is 3.60. The van der Waals surface area contributed by atoms with Crippen molar-refractivity contribution in [3.05, 3.63) is 0 Å². The monoisotopic (exact) mass is 184 g/mol. The first kappa shape index (κ1) is 11.0. The van der Waals surface area contributed by atoms with Gasteiger partial charge < -0.3 is 10.2 Å². The van der Waals surface area contributed by atoms with Crippen molar-refractivity contribution in [2.24, 2.45) is 5.41 Å². The van der Waals surface area contributed by atoms with E-state index < -0.39 is 0 Å². The number of nitrogens with zero attached hydrogens (tertiary/aromatic N) is 1. The van der Waals surface area contributed by atoms with E-state index in [1.807, 2.05) is 0 Å². The Morgan fingerprint density at radius 2 is 1.85 bits per heavy atom. The molecule has 1 unspecified atom stereocenters. The van der Waals surface area contributed by atoms with Crippen LogP contribution in [0, 0.1) is 5.41 Å². The van der Waals surface area contributed by atoms with Gasteiger partial charge in [0.05, 0.1) is 0 Å². The molecule has 0 heterocycles. The second-order valence-electron chi connectivity index (χ2n) is 5.53. The van der Waals surface area contributed by atoms with Crippen LogP contribution in [0.1, 0.15) is 33.6 Å². The van der Waals surface area contributed by atoms with Gasteiger partial charge in [0.25, 0.3) is 0 Å². The minimum atomic E-state index is 0.366. The lowest BCUT2D eigenvalue weighted by Crippen LogP contribution is -2.46. The van der Waals surface area contributed by atoms with Gasteiger partial charge in [0.15, 0.2) is 0 Å². The lowest BCUT2D eigenvalue weighted by Gasteiger charge is -2.36. The Labute approximate surface area is 82.7 Å². The van der Waals surface area contributed by atoms with Crippen molar-refractivity contribution in [1.82, 2.24) is 10.2 Å². The Balaban J connectivity index is 2.36. The fourth-order valence-electron chi connectivity index (χ4n) is 1.83. The van der Waals surface area contributed by atoms with Crippen LogP contribution in [0.3, 0.4) is 0 Å². The maximum absolute atomic E-state index is 3.60. The predicted molar refractivity (Wildman–Crippen MR) is 58.0 cm³/mol. The fraction of sp³-hybridized carbons (Fsp3) is 1.00. The highest BCUT2D eigenvalue weighted by molar-refractivity contribution is 4.87. The summed E-state index contributed by atoms with van der Waals surface area (Å²) in [6.07, 6.45) is 2.76. The lowest BCUT2D eigenvalue weighted by atomic mass is 9.86. The topological polar surface area (TPSA) is 15.3 Å². The summed E-state index contributed by atoms with van der Waals surface area (Å²) in [5.41, 5.74) is 0.366. The van der Waals surface area contributed by atoms with Gasteiger partial charge in [0.2, 0.25) is 0 Å². The summed E-state index contributed by atoms with van der Waals surface area (Å²) in [4.78, 5) is 2.33. The highest BCUT2D eigenvalue weighted by atomic mass is 15.1. The molecule has 1 N–H and O–H groups in total. The van der Waals surface area contributed by atoms with E-state index >= 15 is 0 Å². The van der Waals surface area contributed by atoms with E-state index in [0.29, 0.717) is 11.5 Å². The van der Waals surface area contributed by atoms with Crippen LogP contribution in [0.4, 0.5) is 0 Å². The number of nitrogens with one attached hydrogen (secondary N) is 1. The summed E-state index contributed by atoms with van der Waals surface area (Å²) in [5, 5.41) is 3.60. The second kappa shape index (κ2) is 3.97. The van der Waals surface area contributed by atoms with Crippen LogP contribution in [0.2, 0.25) is 0 Å². The van der Waals surface area contributed by atoms with Crippen molar-refractivity contribution in [1.29, 1.82) is 0 Å². The molecule has 0 amide bonds. The molecule has 0 radical (unpaired) electrons. The maximum Gasteiger partial charge on any atom is 0.0263 e. The highest BCUT2D eigenvalue weighted by Gasteiger charge is 2.29. The largest absolute Gasteiger partial charge is 0.312 e. The summed E-state index contributed by atoms with van der Waals surface area (Å²) < 4.78 is 0. The Bertz CT molecular complexity index is 154. The van der Waals surface area contributed by atoms with Crippen molar-refractivity contribution >= 4 is 0 Å². The van der Waals surface area contributed by atoms with Gasteiger partial charge in [-0.2, -0.15) is 0 Å². The molecule has 0 spiro atoms. The van der Waals surface area contributed by atoms with E-state index in [-0.39, 0.29) is 0 Å². The Kier molecular flexibility index (Phi) is 3.36. The molecule has 0 saturated heterocycles. The van der Waals surface area contributed by atoms with Crippen LogP contribution in [-0.2, 0) is 0 Å². The summed E-state index contributed by atoms with van der Waals surface area (Å²) in [5.74, 6) is 0. The number of rotatable bonds is 4. The van der Waals surface area contributed by atoms with Crippen LogP contribution < -0.4 is 5.32 Å². The van der Waals surface area contributed by atoms with E-state index in [0.717, 1.165) is 12.6 Å². The van der Waals surface area contributed by atoms with Gasteiger partial charge in [-0.25, -0.2) is 0 Å². The summed E-state index contributed by atoms with van der Waals surface area (Å²) in [7, 11) is 4.34. The minimum Gasteiger partial charge on any atom is -0.312 e. The van der Waals surface area contributed by atoms with Crippen LogP contribution in [0.25, 0.3) is 0 Å². The first-order chi connectivity index (χ1) is 5.91. The molecule has 1 fully saturated rings. The zero-order chi connectivity index (χ0) is 10.1. The second-order valence-corrected chi connectivity index (χ2v) is 5.53. The van der Waals surface area contributed by atoms with Crippen molar-refractivity contribution in [2.45, 2.75) is 45.7 Å². The zero-order valence-corrected chi connectivity index (χ0v) is 9.72. The van der Waals surface area contributed by atoms with Crippen molar-refractivity contribution < 1.29 is 0 Å². The average molecular weight is 184 g/mol. The van der Waals surface area contributed by atoms with Gasteiger partial charge in [0.1, 0.15) is 0 Å². The molecule has 2 nitrogen and oxygen atoms in total. The minimum absolute atomic E-state index is 0.366. The third kappa shape index (κ3) is 3.65. The Hall–Kier alpha value is -0.0800. The fourth-order valence-corrected chi connectivity index (χ4v) is 1.83.